The van der Waals surface area contributed by atoms with Gasteiger partial charge >= 0.3 is 0 Å². The lowest BCUT2D eigenvalue weighted by molar-refractivity contribution is 0.365. The van der Waals surface area contributed by atoms with E-state index in [2.05, 4.69) is 86.6 Å². The predicted molar refractivity (Wildman–Crippen MR) is 126 cm³/mol. The molecule has 0 aliphatic carbocycles. The van der Waals surface area contributed by atoms with Gasteiger partial charge in [-0.25, -0.2) is 4.39 Å². The largest absolute Gasteiger partial charge is 0.207 e. The zero-order valence-electron chi connectivity index (χ0n) is 20.3. The van der Waals surface area contributed by atoms with E-state index in [1.54, 1.807) is 6.07 Å². The number of nitriles is 1. The van der Waals surface area contributed by atoms with Crippen LogP contribution in [0, 0.1) is 17.1 Å². The highest BCUT2D eigenvalue weighted by atomic mass is 19.1. The van der Waals surface area contributed by atoms with Gasteiger partial charge in [-0.2, -0.15) is 5.26 Å². The standard InChI is InChI=1S/C28H38FN/c1-19(2)20-10-12-24(25(29)17-20)28(8,9)15-14-27(6,7)22-11-13-23(26(3,4)5)21(16-22)18-30/h10-13,16-17,19H,14-15H2,1-9H3. The molecule has 0 N–H and O–H groups in total. The molecule has 0 fully saturated rings. The topological polar surface area (TPSA) is 23.8 Å². The minimum absolute atomic E-state index is 0.0601. The summed E-state index contributed by atoms with van der Waals surface area (Å²) in [5.41, 5.74) is 4.39. The summed E-state index contributed by atoms with van der Waals surface area (Å²) in [6.07, 6.45) is 1.77. The van der Waals surface area contributed by atoms with E-state index < -0.39 is 0 Å². The van der Waals surface area contributed by atoms with Crippen LogP contribution in [-0.2, 0) is 16.2 Å². The van der Waals surface area contributed by atoms with E-state index in [4.69, 9.17) is 0 Å². The van der Waals surface area contributed by atoms with Crippen molar-refractivity contribution in [2.75, 3.05) is 0 Å². The summed E-state index contributed by atoms with van der Waals surface area (Å²) in [4.78, 5) is 0. The number of nitrogens with zero attached hydrogens (tertiary/aromatic N) is 1. The third-order valence-electron chi connectivity index (χ3n) is 6.49. The van der Waals surface area contributed by atoms with Gasteiger partial charge in [0.05, 0.1) is 11.6 Å². The van der Waals surface area contributed by atoms with Crippen LogP contribution >= 0.6 is 0 Å². The van der Waals surface area contributed by atoms with Gasteiger partial charge in [0.2, 0.25) is 0 Å². The predicted octanol–water partition coefficient (Wildman–Crippen LogP) is 8.15. The van der Waals surface area contributed by atoms with Crippen LogP contribution in [0.4, 0.5) is 4.39 Å². The van der Waals surface area contributed by atoms with E-state index in [1.165, 1.54) is 5.56 Å². The Bertz CT molecular complexity index is 936. The van der Waals surface area contributed by atoms with Gasteiger partial charge in [-0.15, -0.1) is 0 Å². The molecular formula is C28H38FN. The van der Waals surface area contributed by atoms with Crippen LogP contribution in [0.15, 0.2) is 36.4 Å². The maximum atomic E-state index is 14.9. The van der Waals surface area contributed by atoms with Crippen LogP contribution in [0.3, 0.4) is 0 Å². The van der Waals surface area contributed by atoms with Gasteiger partial charge in [0.25, 0.3) is 0 Å². The van der Waals surface area contributed by atoms with E-state index in [9.17, 15) is 9.65 Å². The molecule has 0 saturated heterocycles. The Morgan fingerprint density at radius 1 is 0.833 bits per heavy atom. The molecule has 0 radical (unpaired) electrons. The number of hydrogen-bond donors (Lipinski definition) is 0. The molecule has 0 bridgehead atoms. The molecule has 0 heterocycles. The van der Waals surface area contributed by atoms with Crippen LogP contribution < -0.4 is 0 Å². The van der Waals surface area contributed by atoms with Crippen molar-refractivity contribution >= 4 is 0 Å². The molecule has 162 valence electrons. The van der Waals surface area contributed by atoms with Crippen molar-refractivity contribution in [3.8, 4) is 6.07 Å². The molecule has 2 rings (SSSR count). The summed E-state index contributed by atoms with van der Waals surface area (Å²) in [6.45, 7) is 19.3. The summed E-state index contributed by atoms with van der Waals surface area (Å²) in [7, 11) is 0. The number of hydrogen-bond acceptors (Lipinski definition) is 1. The smallest absolute Gasteiger partial charge is 0.127 e. The molecule has 2 heteroatoms. The highest BCUT2D eigenvalue weighted by Gasteiger charge is 2.30. The average molecular weight is 408 g/mol. The first-order chi connectivity index (χ1) is 13.7. The monoisotopic (exact) mass is 407 g/mol. The molecule has 0 aliphatic heterocycles. The van der Waals surface area contributed by atoms with E-state index in [0.29, 0.717) is 5.92 Å². The second-order valence-electron chi connectivity index (χ2n) is 11.3. The number of halogens is 1. The average Bonchev–Trinajstić information content (AvgIpc) is 2.65. The zero-order chi connectivity index (χ0) is 22.9. The van der Waals surface area contributed by atoms with E-state index in [-0.39, 0.29) is 22.1 Å². The minimum atomic E-state index is -0.264. The normalized spacial score (nSPS) is 12.9. The van der Waals surface area contributed by atoms with Crippen molar-refractivity contribution in [2.45, 2.75) is 97.3 Å². The van der Waals surface area contributed by atoms with Gasteiger partial charge in [-0.05, 0) is 69.4 Å². The van der Waals surface area contributed by atoms with Gasteiger partial charge in [0.15, 0.2) is 0 Å². The Morgan fingerprint density at radius 3 is 1.90 bits per heavy atom. The fraction of sp³-hybridized carbons (Fsp3) is 0.536. The quantitative estimate of drug-likeness (QED) is 0.474. The summed E-state index contributed by atoms with van der Waals surface area (Å²) in [6, 6.07) is 14.4. The molecule has 0 aromatic heterocycles. The first-order valence-corrected chi connectivity index (χ1v) is 11.0. The van der Waals surface area contributed by atoms with Gasteiger partial charge in [0, 0.05) is 0 Å². The summed E-state index contributed by atoms with van der Waals surface area (Å²) < 4.78 is 14.9. The molecule has 2 aromatic carbocycles. The number of benzene rings is 2. The molecule has 0 atom stereocenters. The molecule has 0 unspecified atom stereocenters. The summed E-state index contributed by atoms with van der Waals surface area (Å²) in [5.74, 6) is 0.214. The van der Waals surface area contributed by atoms with Crippen molar-refractivity contribution in [2.24, 2.45) is 0 Å². The molecule has 0 spiro atoms. The highest BCUT2D eigenvalue weighted by Crippen LogP contribution is 2.38. The first kappa shape index (κ1) is 24.1. The Kier molecular flexibility index (Phi) is 6.87. The van der Waals surface area contributed by atoms with Gasteiger partial charge in [0.1, 0.15) is 5.82 Å². The molecule has 1 nitrogen and oxygen atoms in total. The SMILES string of the molecule is CC(C)c1ccc(C(C)(C)CCC(C)(C)c2ccc(C(C)(C)C)c(C#N)c2)c(F)c1. The van der Waals surface area contributed by atoms with Crippen LogP contribution in [0.1, 0.15) is 109 Å². The van der Waals surface area contributed by atoms with Crippen LogP contribution in [0.2, 0.25) is 0 Å². The van der Waals surface area contributed by atoms with E-state index in [0.717, 1.165) is 35.1 Å². The van der Waals surface area contributed by atoms with Crippen LogP contribution in [0.25, 0.3) is 0 Å². The minimum Gasteiger partial charge on any atom is -0.207 e. The highest BCUT2D eigenvalue weighted by molar-refractivity contribution is 5.46. The van der Waals surface area contributed by atoms with Crippen LogP contribution in [0.5, 0.6) is 0 Å². The third kappa shape index (κ3) is 5.31. The molecule has 0 saturated carbocycles. The third-order valence-corrected chi connectivity index (χ3v) is 6.49. The Balaban J connectivity index is 2.26. The van der Waals surface area contributed by atoms with Crippen molar-refractivity contribution in [1.29, 1.82) is 5.26 Å². The summed E-state index contributed by atoms with van der Waals surface area (Å²) >= 11 is 0. The summed E-state index contributed by atoms with van der Waals surface area (Å²) in [5, 5.41) is 9.68. The fourth-order valence-corrected chi connectivity index (χ4v) is 4.06. The lowest BCUT2D eigenvalue weighted by Gasteiger charge is -2.33. The molecule has 2 aromatic rings. The second kappa shape index (κ2) is 8.54. The molecular weight excluding hydrogens is 369 g/mol. The lowest BCUT2D eigenvalue weighted by Crippen LogP contribution is -2.25. The number of rotatable bonds is 6. The Labute approximate surface area is 183 Å². The maximum absolute atomic E-state index is 14.9. The van der Waals surface area contributed by atoms with Crippen molar-refractivity contribution in [3.63, 3.8) is 0 Å². The van der Waals surface area contributed by atoms with Gasteiger partial charge in [-0.1, -0.05) is 86.6 Å². The fourth-order valence-electron chi connectivity index (χ4n) is 4.06. The van der Waals surface area contributed by atoms with E-state index in [1.807, 2.05) is 12.1 Å². The maximum Gasteiger partial charge on any atom is 0.127 e. The van der Waals surface area contributed by atoms with Crippen molar-refractivity contribution in [3.05, 3.63) is 70.0 Å². The second-order valence-corrected chi connectivity index (χ2v) is 11.3. The first-order valence-electron chi connectivity index (χ1n) is 11.0. The van der Waals surface area contributed by atoms with Crippen molar-refractivity contribution in [1.82, 2.24) is 0 Å². The Hall–Kier alpha value is -2.14. The Morgan fingerprint density at radius 2 is 1.40 bits per heavy atom. The van der Waals surface area contributed by atoms with Gasteiger partial charge in [-0.3, -0.25) is 0 Å². The van der Waals surface area contributed by atoms with Crippen LogP contribution in [-0.4, -0.2) is 0 Å². The van der Waals surface area contributed by atoms with E-state index >= 15 is 0 Å². The molecule has 30 heavy (non-hydrogen) atoms. The molecule has 0 amide bonds. The zero-order valence-corrected chi connectivity index (χ0v) is 20.3. The van der Waals surface area contributed by atoms with Crippen molar-refractivity contribution < 1.29 is 4.39 Å². The van der Waals surface area contributed by atoms with Gasteiger partial charge < -0.3 is 0 Å². The lowest BCUT2D eigenvalue weighted by atomic mass is 9.71. The molecule has 0 aliphatic rings.